The molecule has 0 aliphatic carbocycles. The molecule has 1 atom stereocenters. The van der Waals surface area contributed by atoms with Gasteiger partial charge in [0, 0.05) is 6.08 Å². The van der Waals surface area contributed by atoms with E-state index in [-0.39, 0.29) is 6.04 Å². The summed E-state index contributed by atoms with van der Waals surface area (Å²) in [5, 5.41) is 11.1. The molecule has 2 N–H and O–H groups in total. The number of nitrogens with zero attached hydrogens (tertiary/aromatic N) is 1. The summed E-state index contributed by atoms with van der Waals surface area (Å²) in [6.45, 7) is 0.629. The van der Waals surface area contributed by atoms with Crippen molar-refractivity contribution in [1.29, 1.82) is 0 Å². The fourth-order valence-corrected chi connectivity index (χ4v) is 0.682. The molecule has 0 aromatic rings. The number of nitrogens with one attached hydrogen (secondary N) is 1. The Morgan fingerprint density at radius 1 is 1.90 bits per heavy atom. The van der Waals surface area contributed by atoms with Crippen LogP contribution in [0.3, 0.4) is 0 Å². The molecule has 0 saturated carbocycles. The molecular formula is C6H8N2O2. The second kappa shape index (κ2) is 3.00. The van der Waals surface area contributed by atoms with Crippen molar-refractivity contribution in [1.82, 2.24) is 5.32 Å². The second-order valence-corrected chi connectivity index (χ2v) is 1.96. The summed E-state index contributed by atoms with van der Waals surface area (Å²) in [4.78, 5) is 13.9. The van der Waals surface area contributed by atoms with E-state index in [9.17, 15) is 4.79 Å². The van der Waals surface area contributed by atoms with Crippen LogP contribution in [0.15, 0.2) is 17.1 Å². The van der Waals surface area contributed by atoms with E-state index < -0.39 is 5.97 Å². The summed E-state index contributed by atoms with van der Waals surface area (Å²) in [5.41, 5.74) is 0. The lowest BCUT2D eigenvalue weighted by Gasteiger charge is -1.99. The molecule has 1 aliphatic rings. The molecule has 1 aliphatic heterocycles. The Labute approximate surface area is 58.3 Å². The van der Waals surface area contributed by atoms with Gasteiger partial charge in [-0.2, -0.15) is 0 Å². The Morgan fingerprint density at radius 3 is 3.20 bits per heavy atom. The van der Waals surface area contributed by atoms with Gasteiger partial charge in [0.25, 0.3) is 0 Å². The molecule has 0 spiro atoms. The maximum atomic E-state index is 10.0. The molecule has 0 fully saturated rings. The fourth-order valence-electron chi connectivity index (χ4n) is 0.682. The third kappa shape index (κ3) is 1.89. The van der Waals surface area contributed by atoms with Gasteiger partial charge in [-0.15, -0.1) is 0 Å². The number of aliphatic carboxylic acids is 1. The first kappa shape index (κ1) is 6.80. The predicted molar refractivity (Wildman–Crippen MR) is 37.1 cm³/mol. The van der Waals surface area contributed by atoms with E-state index in [1.54, 1.807) is 12.4 Å². The fraction of sp³-hybridized carbons (Fsp3) is 0.333. The largest absolute Gasteiger partial charge is 0.478 e. The lowest BCUT2D eigenvalue weighted by Crippen LogP contribution is -2.21. The van der Waals surface area contributed by atoms with E-state index in [1.807, 2.05) is 0 Å². The van der Waals surface area contributed by atoms with Gasteiger partial charge in [0.15, 0.2) is 0 Å². The Kier molecular flexibility index (Phi) is 2.04. The van der Waals surface area contributed by atoms with Gasteiger partial charge >= 0.3 is 5.97 Å². The molecule has 1 unspecified atom stereocenters. The van der Waals surface area contributed by atoms with Crippen LogP contribution in [0, 0.1) is 0 Å². The Hall–Kier alpha value is -1.32. The topological polar surface area (TPSA) is 61.7 Å². The molecule has 0 aromatic heterocycles. The van der Waals surface area contributed by atoms with Crippen molar-refractivity contribution in [3.8, 4) is 0 Å². The highest BCUT2D eigenvalue weighted by Gasteiger charge is 2.04. The molecular weight excluding hydrogens is 132 g/mol. The summed E-state index contributed by atoms with van der Waals surface area (Å²) < 4.78 is 0. The van der Waals surface area contributed by atoms with Crippen LogP contribution in [0.5, 0.6) is 0 Å². The number of carbonyl (C=O) groups is 1. The van der Waals surface area contributed by atoms with Crippen molar-refractivity contribution in [3.63, 3.8) is 0 Å². The SMILES string of the molecule is O=C(O)/C=C/C1CN=CN1. The molecule has 10 heavy (non-hydrogen) atoms. The number of hydrogen-bond acceptors (Lipinski definition) is 3. The lowest BCUT2D eigenvalue weighted by atomic mass is 10.3. The molecule has 54 valence electrons. The quantitative estimate of drug-likeness (QED) is 0.514. The molecule has 4 heteroatoms. The maximum absolute atomic E-state index is 10.0. The van der Waals surface area contributed by atoms with Crippen molar-refractivity contribution in [2.24, 2.45) is 4.99 Å². The Balaban J connectivity index is 2.32. The monoisotopic (exact) mass is 140 g/mol. The average molecular weight is 140 g/mol. The van der Waals surface area contributed by atoms with Gasteiger partial charge in [-0.25, -0.2) is 4.79 Å². The van der Waals surface area contributed by atoms with Crippen LogP contribution in [-0.2, 0) is 4.79 Å². The Morgan fingerprint density at radius 2 is 2.70 bits per heavy atom. The number of carboxylic acid groups (broad SMARTS) is 1. The van der Waals surface area contributed by atoms with Crippen LogP contribution in [0.4, 0.5) is 0 Å². The molecule has 0 saturated heterocycles. The van der Waals surface area contributed by atoms with E-state index in [2.05, 4.69) is 10.3 Å². The van der Waals surface area contributed by atoms with Crippen LogP contribution in [0.2, 0.25) is 0 Å². The highest BCUT2D eigenvalue weighted by atomic mass is 16.4. The average Bonchev–Trinajstić information content (AvgIpc) is 2.34. The first-order valence-electron chi connectivity index (χ1n) is 2.94. The zero-order chi connectivity index (χ0) is 7.40. The maximum Gasteiger partial charge on any atom is 0.328 e. The zero-order valence-corrected chi connectivity index (χ0v) is 5.32. The normalized spacial score (nSPS) is 23.4. The Bertz CT molecular complexity index is 178. The summed E-state index contributed by atoms with van der Waals surface area (Å²) in [7, 11) is 0. The van der Waals surface area contributed by atoms with Crippen molar-refractivity contribution >= 4 is 12.3 Å². The van der Waals surface area contributed by atoms with Gasteiger partial charge in [0.2, 0.25) is 0 Å². The highest BCUT2D eigenvalue weighted by Crippen LogP contribution is 1.91. The smallest absolute Gasteiger partial charge is 0.328 e. The molecule has 0 amide bonds. The van der Waals surface area contributed by atoms with E-state index >= 15 is 0 Å². The minimum atomic E-state index is -0.922. The number of carboxylic acids is 1. The van der Waals surface area contributed by atoms with Crippen molar-refractivity contribution < 1.29 is 9.90 Å². The summed E-state index contributed by atoms with van der Waals surface area (Å²) in [5.74, 6) is -0.922. The van der Waals surface area contributed by atoms with Crippen LogP contribution in [0.1, 0.15) is 0 Å². The van der Waals surface area contributed by atoms with Crippen LogP contribution in [-0.4, -0.2) is 30.0 Å². The predicted octanol–water partition coefficient (Wildman–Crippen LogP) is -0.373. The van der Waals surface area contributed by atoms with Crippen LogP contribution < -0.4 is 5.32 Å². The summed E-state index contributed by atoms with van der Waals surface area (Å²) >= 11 is 0. The van der Waals surface area contributed by atoms with E-state index in [4.69, 9.17) is 5.11 Å². The molecule has 0 radical (unpaired) electrons. The van der Waals surface area contributed by atoms with Crippen LogP contribution in [0.25, 0.3) is 0 Å². The minimum Gasteiger partial charge on any atom is -0.478 e. The molecule has 0 bridgehead atoms. The standard InChI is InChI=1S/C6H8N2O2/c9-6(10)2-1-5-3-7-4-8-5/h1-2,4-5H,3H2,(H,7,8)(H,9,10)/b2-1+. The van der Waals surface area contributed by atoms with Crippen LogP contribution >= 0.6 is 0 Å². The number of hydrogen-bond donors (Lipinski definition) is 2. The number of rotatable bonds is 2. The minimum absolute atomic E-state index is 0.0658. The molecule has 1 rings (SSSR count). The third-order valence-corrected chi connectivity index (χ3v) is 1.15. The van der Waals surface area contributed by atoms with Gasteiger partial charge in [-0.3, -0.25) is 4.99 Å². The highest BCUT2D eigenvalue weighted by molar-refractivity contribution is 5.80. The van der Waals surface area contributed by atoms with Crippen molar-refractivity contribution in [3.05, 3.63) is 12.2 Å². The number of aliphatic imine (C=N–C) groups is 1. The van der Waals surface area contributed by atoms with Gasteiger partial charge in [-0.1, -0.05) is 6.08 Å². The van der Waals surface area contributed by atoms with Gasteiger partial charge in [0.05, 0.1) is 18.9 Å². The molecule has 0 aromatic carbocycles. The first-order chi connectivity index (χ1) is 4.79. The van der Waals surface area contributed by atoms with Gasteiger partial charge < -0.3 is 10.4 Å². The van der Waals surface area contributed by atoms with E-state index in [1.165, 1.54) is 0 Å². The summed E-state index contributed by atoms with van der Waals surface area (Å²) in [6.07, 6.45) is 4.28. The first-order valence-corrected chi connectivity index (χ1v) is 2.94. The molecule has 1 heterocycles. The van der Waals surface area contributed by atoms with E-state index in [0.29, 0.717) is 6.54 Å². The summed E-state index contributed by atoms with van der Waals surface area (Å²) in [6, 6.07) is 0.0658. The van der Waals surface area contributed by atoms with E-state index in [0.717, 1.165) is 6.08 Å². The third-order valence-electron chi connectivity index (χ3n) is 1.15. The molecule has 4 nitrogen and oxygen atoms in total. The zero-order valence-electron chi connectivity index (χ0n) is 5.32. The van der Waals surface area contributed by atoms with Crippen molar-refractivity contribution in [2.75, 3.05) is 6.54 Å². The second-order valence-electron chi connectivity index (χ2n) is 1.96. The van der Waals surface area contributed by atoms with Gasteiger partial charge in [0.1, 0.15) is 0 Å². The van der Waals surface area contributed by atoms with Gasteiger partial charge in [-0.05, 0) is 0 Å². The lowest BCUT2D eigenvalue weighted by molar-refractivity contribution is -0.131. The van der Waals surface area contributed by atoms with Crippen molar-refractivity contribution in [2.45, 2.75) is 6.04 Å².